The molecule has 0 aromatic heterocycles. The van der Waals surface area contributed by atoms with Gasteiger partial charge in [-0.15, -0.1) is 0 Å². The Balaban J connectivity index is 1.17. The van der Waals surface area contributed by atoms with Crippen LogP contribution in [0.25, 0.3) is 10.8 Å². The summed E-state index contributed by atoms with van der Waals surface area (Å²) in [6.07, 6.45) is 8.57. The molecule has 8 nitrogen and oxygen atoms in total. The summed E-state index contributed by atoms with van der Waals surface area (Å²) in [5.41, 5.74) is 7.12. The van der Waals surface area contributed by atoms with E-state index in [1.807, 2.05) is 41.3 Å². The number of carbonyl (C=O) groups excluding carboxylic acids is 1. The SMILES string of the molecule is NC1CC2CCC(C1)N2C(=O)[C@@H]1C[C@H](Nc2ccc(Cl)cc2)CN1S(=O)(=O)c1ccc2cc(OC3CCCC3)ccc2c1. The molecule has 2 bridgehead atoms. The van der Waals surface area contributed by atoms with Crippen molar-refractivity contribution in [2.24, 2.45) is 5.73 Å². The van der Waals surface area contributed by atoms with E-state index in [1.54, 1.807) is 24.3 Å². The number of hydrogen-bond donors (Lipinski definition) is 2. The number of carbonyl (C=O) groups is 1. The second-order valence-electron chi connectivity index (χ2n) is 12.7. The third-order valence-electron chi connectivity index (χ3n) is 9.77. The van der Waals surface area contributed by atoms with Crippen molar-refractivity contribution in [2.75, 3.05) is 11.9 Å². The maximum atomic E-state index is 14.3. The minimum Gasteiger partial charge on any atom is -0.490 e. The molecule has 4 aliphatic rings. The maximum Gasteiger partial charge on any atom is 0.243 e. The van der Waals surface area contributed by atoms with Crippen molar-refractivity contribution in [2.45, 2.75) is 99.0 Å². The Labute approximate surface area is 258 Å². The lowest BCUT2D eigenvalue weighted by Gasteiger charge is -2.40. The van der Waals surface area contributed by atoms with Crippen LogP contribution in [0.1, 0.15) is 57.8 Å². The largest absolute Gasteiger partial charge is 0.490 e. The summed E-state index contributed by atoms with van der Waals surface area (Å²) < 4.78 is 36.2. The summed E-state index contributed by atoms with van der Waals surface area (Å²) in [4.78, 5) is 16.4. The number of benzene rings is 3. The highest BCUT2D eigenvalue weighted by atomic mass is 35.5. The van der Waals surface area contributed by atoms with E-state index in [1.165, 1.54) is 17.1 Å². The number of nitrogens with one attached hydrogen (secondary N) is 1. The molecule has 2 unspecified atom stereocenters. The number of hydrogen-bond acceptors (Lipinski definition) is 6. The van der Waals surface area contributed by atoms with E-state index in [2.05, 4.69) is 5.32 Å². The molecule has 228 valence electrons. The highest BCUT2D eigenvalue weighted by molar-refractivity contribution is 7.89. The van der Waals surface area contributed by atoms with E-state index < -0.39 is 16.1 Å². The maximum absolute atomic E-state index is 14.3. The van der Waals surface area contributed by atoms with Gasteiger partial charge in [0.05, 0.1) is 11.0 Å². The number of sulfonamides is 1. The van der Waals surface area contributed by atoms with Crippen molar-refractivity contribution in [3.05, 3.63) is 65.7 Å². The van der Waals surface area contributed by atoms with Crippen molar-refractivity contribution in [3.63, 3.8) is 0 Å². The number of nitrogens with zero attached hydrogens (tertiary/aromatic N) is 2. The van der Waals surface area contributed by atoms with Crippen molar-refractivity contribution in [1.29, 1.82) is 0 Å². The van der Waals surface area contributed by atoms with Crippen LogP contribution < -0.4 is 15.8 Å². The van der Waals surface area contributed by atoms with Crippen LogP contribution in [0, 0.1) is 0 Å². The Morgan fingerprint density at radius 2 is 1.56 bits per heavy atom. The minimum absolute atomic E-state index is 0.0791. The average molecular weight is 623 g/mol. The number of rotatable bonds is 7. The quantitative estimate of drug-likeness (QED) is 0.359. The molecule has 43 heavy (non-hydrogen) atoms. The van der Waals surface area contributed by atoms with Gasteiger partial charge in [-0.1, -0.05) is 23.7 Å². The number of nitrogens with two attached hydrogens (primary N) is 1. The predicted octanol–water partition coefficient (Wildman–Crippen LogP) is 5.54. The fourth-order valence-corrected chi connectivity index (χ4v) is 9.50. The van der Waals surface area contributed by atoms with Crippen LogP contribution in [0.2, 0.25) is 5.02 Å². The van der Waals surface area contributed by atoms with Gasteiger partial charge >= 0.3 is 0 Å². The van der Waals surface area contributed by atoms with Crippen LogP contribution in [0.5, 0.6) is 5.75 Å². The molecule has 3 aliphatic heterocycles. The summed E-state index contributed by atoms with van der Waals surface area (Å²) in [6, 6.07) is 17.6. The first-order valence-electron chi connectivity index (χ1n) is 15.6. The normalized spacial score (nSPS) is 28.0. The lowest BCUT2D eigenvalue weighted by atomic mass is 9.97. The molecule has 3 aromatic rings. The molecular formula is C33H39ClN4O4S. The molecule has 1 saturated carbocycles. The van der Waals surface area contributed by atoms with E-state index >= 15 is 0 Å². The van der Waals surface area contributed by atoms with Crippen LogP contribution in [0.15, 0.2) is 65.6 Å². The number of halogens is 1. The summed E-state index contributed by atoms with van der Waals surface area (Å²) in [5, 5.41) is 5.82. The molecule has 3 heterocycles. The number of piperidine rings is 1. The molecule has 3 saturated heterocycles. The van der Waals surface area contributed by atoms with Gasteiger partial charge in [0.25, 0.3) is 0 Å². The molecule has 10 heteroatoms. The average Bonchev–Trinajstić information content (AvgIpc) is 3.72. The van der Waals surface area contributed by atoms with Gasteiger partial charge in [0.2, 0.25) is 15.9 Å². The van der Waals surface area contributed by atoms with Gasteiger partial charge in [0.15, 0.2) is 0 Å². The number of ether oxygens (including phenoxy) is 1. The Morgan fingerprint density at radius 1 is 0.884 bits per heavy atom. The minimum atomic E-state index is -3.98. The standard InChI is InChI=1S/C33H39ClN4O4S/c34-23-7-9-25(10-8-23)36-26-19-32(33(39)38-27-11-12-28(38)18-24(35)17-27)37(20-26)43(40,41)31-14-6-21-15-30(13-5-22(21)16-31)42-29-3-1-2-4-29/h5-10,13-16,24,26-29,32,36H,1-4,11-12,17-20,35H2/t24?,26-,27?,28?,32-/m0/s1. The molecule has 3 N–H and O–H groups in total. The van der Waals surface area contributed by atoms with Crippen LogP contribution in [0.4, 0.5) is 5.69 Å². The van der Waals surface area contributed by atoms with Gasteiger partial charge in [0, 0.05) is 41.4 Å². The first-order valence-corrected chi connectivity index (χ1v) is 17.4. The fraction of sp³-hybridized carbons (Fsp3) is 0.485. The highest BCUT2D eigenvalue weighted by Crippen LogP contribution is 2.39. The predicted molar refractivity (Wildman–Crippen MR) is 169 cm³/mol. The third kappa shape index (κ3) is 5.72. The number of amides is 1. The zero-order chi connectivity index (χ0) is 29.7. The molecule has 4 atom stereocenters. The van der Waals surface area contributed by atoms with Gasteiger partial charge in [-0.05, 0) is 117 Å². The molecule has 1 aliphatic carbocycles. The number of fused-ring (bicyclic) bond motifs is 3. The highest BCUT2D eigenvalue weighted by Gasteiger charge is 2.50. The van der Waals surface area contributed by atoms with E-state index in [4.69, 9.17) is 22.1 Å². The van der Waals surface area contributed by atoms with E-state index in [0.29, 0.717) is 11.4 Å². The van der Waals surface area contributed by atoms with Crippen LogP contribution >= 0.6 is 11.6 Å². The fourth-order valence-electron chi connectivity index (χ4n) is 7.70. The Kier molecular flexibility index (Phi) is 7.78. The van der Waals surface area contributed by atoms with Gasteiger partial charge < -0.3 is 20.7 Å². The molecule has 3 aromatic carbocycles. The summed E-state index contributed by atoms with van der Waals surface area (Å²) in [7, 11) is -3.98. The van der Waals surface area contributed by atoms with Crippen LogP contribution in [-0.4, -0.2) is 66.4 Å². The van der Waals surface area contributed by atoms with E-state index in [9.17, 15) is 13.2 Å². The molecule has 7 rings (SSSR count). The van der Waals surface area contributed by atoms with Crippen molar-refractivity contribution in [3.8, 4) is 5.75 Å². The zero-order valence-electron chi connectivity index (χ0n) is 24.2. The molecular weight excluding hydrogens is 584 g/mol. The zero-order valence-corrected chi connectivity index (χ0v) is 25.8. The Bertz CT molecular complexity index is 1600. The van der Waals surface area contributed by atoms with E-state index in [-0.39, 0.29) is 47.6 Å². The number of anilines is 1. The first kappa shape index (κ1) is 28.9. The van der Waals surface area contributed by atoms with Crippen LogP contribution in [-0.2, 0) is 14.8 Å². The summed E-state index contributed by atoms with van der Waals surface area (Å²) in [5.74, 6) is 0.713. The van der Waals surface area contributed by atoms with Crippen molar-refractivity contribution >= 4 is 44.0 Å². The Morgan fingerprint density at radius 3 is 2.28 bits per heavy atom. The topological polar surface area (TPSA) is 105 Å². The first-order chi connectivity index (χ1) is 20.7. The lowest BCUT2D eigenvalue weighted by Crippen LogP contribution is -2.55. The van der Waals surface area contributed by atoms with Gasteiger partial charge in [-0.25, -0.2) is 8.42 Å². The molecule has 1 amide bonds. The van der Waals surface area contributed by atoms with E-state index in [0.717, 1.165) is 60.7 Å². The Hall–Kier alpha value is -2.85. The second kappa shape index (κ2) is 11.6. The molecule has 0 spiro atoms. The third-order valence-corrected chi connectivity index (χ3v) is 11.9. The summed E-state index contributed by atoms with van der Waals surface area (Å²) in [6.45, 7) is 0.191. The van der Waals surface area contributed by atoms with Gasteiger partial charge in [-0.2, -0.15) is 4.31 Å². The molecule has 0 radical (unpaired) electrons. The monoisotopic (exact) mass is 622 g/mol. The second-order valence-corrected chi connectivity index (χ2v) is 15.1. The van der Waals surface area contributed by atoms with Crippen molar-refractivity contribution < 1.29 is 17.9 Å². The van der Waals surface area contributed by atoms with Crippen LogP contribution in [0.3, 0.4) is 0 Å². The molecule has 4 fully saturated rings. The lowest BCUT2D eigenvalue weighted by molar-refractivity contribution is -0.139. The smallest absolute Gasteiger partial charge is 0.243 e. The van der Waals surface area contributed by atoms with Crippen molar-refractivity contribution in [1.82, 2.24) is 9.21 Å². The van der Waals surface area contributed by atoms with Gasteiger partial charge in [0.1, 0.15) is 11.8 Å². The summed E-state index contributed by atoms with van der Waals surface area (Å²) >= 11 is 6.08. The van der Waals surface area contributed by atoms with Gasteiger partial charge in [-0.3, -0.25) is 4.79 Å².